The van der Waals surface area contributed by atoms with Gasteiger partial charge in [0.2, 0.25) is 0 Å². The summed E-state index contributed by atoms with van der Waals surface area (Å²) in [5.41, 5.74) is 2.00. The monoisotopic (exact) mass is 434 g/mol. The molecule has 5 nitrogen and oxygen atoms in total. The van der Waals surface area contributed by atoms with Crippen LogP contribution < -0.4 is 10.0 Å². The van der Waals surface area contributed by atoms with Crippen molar-refractivity contribution in [2.24, 2.45) is 0 Å². The van der Waals surface area contributed by atoms with Crippen molar-refractivity contribution in [1.82, 2.24) is 0 Å². The van der Waals surface area contributed by atoms with Gasteiger partial charge in [0.15, 0.2) is 0 Å². The maximum atomic E-state index is 12.5. The fraction of sp³-hybridized carbons (Fsp3) is 0.0500. The van der Waals surface area contributed by atoms with Crippen molar-refractivity contribution in [2.45, 2.75) is 11.8 Å². The summed E-state index contributed by atoms with van der Waals surface area (Å²) in [6, 6.07) is 17.4. The van der Waals surface area contributed by atoms with E-state index in [2.05, 4.69) is 10.0 Å². The first-order valence-electron chi connectivity index (χ1n) is 8.21. The van der Waals surface area contributed by atoms with Crippen LogP contribution in [0.3, 0.4) is 0 Å². The zero-order chi connectivity index (χ0) is 20.3. The molecule has 0 spiro atoms. The minimum absolute atomic E-state index is 0.0555. The number of carbonyl (C=O) groups excluding carboxylic acids is 1. The first-order valence-corrected chi connectivity index (χ1v) is 10.4. The Morgan fingerprint density at radius 2 is 1.50 bits per heavy atom. The Morgan fingerprint density at radius 3 is 2.14 bits per heavy atom. The van der Waals surface area contributed by atoms with Gasteiger partial charge < -0.3 is 5.32 Å². The summed E-state index contributed by atoms with van der Waals surface area (Å²) in [6.45, 7) is 1.83. The van der Waals surface area contributed by atoms with E-state index in [0.717, 1.165) is 5.56 Å². The SMILES string of the molecule is Cc1ccc(NS(=O)(=O)c2ccc(NC(=O)c3ccccc3Cl)cc2)cc1Cl. The maximum Gasteiger partial charge on any atom is 0.261 e. The van der Waals surface area contributed by atoms with Gasteiger partial charge in [0.1, 0.15) is 0 Å². The van der Waals surface area contributed by atoms with E-state index >= 15 is 0 Å². The molecule has 0 aliphatic heterocycles. The number of nitrogens with one attached hydrogen (secondary N) is 2. The molecule has 8 heteroatoms. The molecular formula is C20H16Cl2N2O3S. The van der Waals surface area contributed by atoms with E-state index in [9.17, 15) is 13.2 Å². The smallest absolute Gasteiger partial charge is 0.261 e. The predicted molar refractivity (Wildman–Crippen MR) is 113 cm³/mol. The molecule has 0 atom stereocenters. The third-order valence-electron chi connectivity index (χ3n) is 3.97. The highest BCUT2D eigenvalue weighted by molar-refractivity contribution is 7.92. The van der Waals surface area contributed by atoms with Crippen molar-refractivity contribution in [3.63, 3.8) is 0 Å². The first kappa shape index (κ1) is 20.2. The number of halogens is 2. The van der Waals surface area contributed by atoms with Crippen LogP contribution in [0, 0.1) is 6.92 Å². The largest absolute Gasteiger partial charge is 0.322 e. The van der Waals surface area contributed by atoms with Gasteiger partial charge in [-0.3, -0.25) is 9.52 Å². The molecule has 0 heterocycles. The van der Waals surface area contributed by atoms with Crippen LogP contribution in [0.1, 0.15) is 15.9 Å². The summed E-state index contributed by atoms with van der Waals surface area (Å²) in [7, 11) is -3.79. The van der Waals surface area contributed by atoms with Gasteiger partial charge in [0, 0.05) is 10.7 Å². The number of aryl methyl sites for hydroxylation is 1. The summed E-state index contributed by atoms with van der Waals surface area (Å²) in [6.07, 6.45) is 0. The van der Waals surface area contributed by atoms with Crippen LogP contribution in [-0.2, 0) is 10.0 Å². The van der Waals surface area contributed by atoms with Crippen molar-refractivity contribution in [2.75, 3.05) is 10.0 Å². The standard InChI is InChI=1S/C20H16Cl2N2O3S/c1-13-6-7-15(12-19(13)22)24-28(26,27)16-10-8-14(9-11-16)23-20(25)17-4-2-3-5-18(17)21/h2-12,24H,1H3,(H,23,25). The van der Waals surface area contributed by atoms with Crippen LogP contribution in [0.15, 0.2) is 71.6 Å². The van der Waals surface area contributed by atoms with Crippen molar-refractivity contribution in [3.8, 4) is 0 Å². The molecule has 144 valence electrons. The first-order chi connectivity index (χ1) is 13.3. The van der Waals surface area contributed by atoms with E-state index in [1.165, 1.54) is 24.3 Å². The molecule has 0 radical (unpaired) electrons. The van der Waals surface area contributed by atoms with Crippen LogP contribution in [-0.4, -0.2) is 14.3 Å². The number of anilines is 2. The summed E-state index contributed by atoms with van der Waals surface area (Å²) < 4.78 is 27.6. The molecule has 0 aromatic heterocycles. The summed E-state index contributed by atoms with van der Waals surface area (Å²) in [5, 5.41) is 3.49. The summed E-state index contributed by atoms with van der Waals surface area (Å²) >= 11 is 12.0. The lowest BCUT2D eigenvalue weighted by Crippen LogP contribution is -2.14. The quantitative estimate of drug-likeness (QED) is 0.567. The normalized spacial score (nSPS) is 11.1. The maximum absolute atomic E-state index is 12.5. The Morgan fingerprint density at radius 1 is 0.857 bits per heavy atom. The van der Waals surface area contributed by atoms with E-state index in [1.54, 1.807) is 42.5 Å². The van der Waals surface area contributed by atoms with Crippen LogP contribution in [0.25, 0.3) is 0 Å². The molecule has 0 aliphatic rings. The Kier molecular flexibility index (Phi) is 5.93. The second-order valence-corrected chi connectivity index (χ2v) is 8.52. The summed E-state index contributed by atoms with van der Waals surface area (Å²) in [4.78, 5) is 12.3. The Hall–Kier alpha value is -2.54. The van der Waals surface area contributed by atoms with Gasteiger partial charge in [0.25, 0.3) is 15.9 Å². The summed E-state index contributed by atoms with van der Waals surface area (Å²) in [5.74, 6) is -0.381. The minimum Gasteiger partial charge on any atom is -0.322 e. The van der Waals surface area contributed by atoms with E-state index in [-0.39, 0.29) is 10.8 Å². The molecule has 1 amide bonds. The van der Waals surface area contributed by atoms with Crippen molar-refractivity contribution < 1.29 is 13.2 Å². The third kappa shape index (κ3) is 4.65. The number of sulfonamides is 1. The average molecular weight is 435 g/mol. The number of amides is 1. The molecule has 3 aromatic carbocycles. The zero-order valence-electron chi connectivity index (χ0n) is 14.7. The molecule has 28 heavy (non-hydrogen) atoms. The number of benzene rings is 3. The van der Waals surface area contributed by atoms with Crippen LogP contribution in [0.5, 0.6) is 0 Å². The van der Waals surface area contributed by atoms with Crippen LogP contribution in [0.4, 0.5) is 11.4 Å². The van der Waals surface area contributed by atoms with Gasteiger partial charge in [-0.2, -0.15) is 0 Å². The zero-order valence-corrected chi connectivity index (χ0v) is 17.1. The van der Waals surface area contributed by atoms with Crippen molar-refractivity contribution in [1.29, 1.82) is 0 Å². The Bertz CT molecular complexity index is 1130. The fourth-order valence-electron chi connectivity index (χ4n) is 2.43. The molecular weight excluding hydrogens is 419 g/mol. The lowest BCUT2D eigenvalue weighted by atomic mass is 10.2. The van der Waals surface area contributed by atoms with Gasteiger partial charge in [-0.05, 0) is 61.0 Å². The fourth-order valence-corrected chi connectivity index (χ4v) is 3.88. The van der Waals surface area contributed by atoms with Crippen molar-refractivity contribution in [3.05, 3.63) is 87.9 Å². The van der Waals surface area contributed by atoms with Gasteiger partial charge in [-0.15, -0.1) is 0 Å². The van der Waals surface area contributed by atoms with E-state index in [1.807, 2.05) is 6.92 Å². The van der Waals surface area contributed by atoms with Gasteiger partial charge >= 0.3 is 0 Å². The predicted octanol–water partition coefficient (Wildman–Crippen LogP) is 5.35. The second kappa shape index (κ2) is 8.22. The van der Waals surface area contributed by atoms with E-state index < -0.39 is 10.0 Å². The Labute approximate surface area is 173 Å². The highest BCUT2D eigenvalue weighted by atomic mass is 35.5. The molecule has 3 aromatic rings. The lowest BCUT2D eigenvalue weighted by Gasteiger charge is -2.11. The van der Waals surface area contributed by atoms with Crippen LogP contribution >= 0.6 is 23.2 Å². The lowest BCUT2D eigenvalue weighted by molar-refractivity contribution is 0.102. The van der Waals surface area contributed by atoms with E-state index in [4.69, 9.17) is 23.2 Å². The van der Waals surface area contributed by atoms with E-state index in [0.29, 0.717) is 27.0 Å². The van der Waals surface area contributed by atoms with Gasteiger partial charge in [0.05, 0.1) is 21.2 Å². The van der Waals surface area contributed by atoms with Gasteiger partial charge in [-0.25, -0.2) is 8.42 Å². The second-order valence-electron chi connectivity index (χ2n) is 6.03. The highest BCUT2D eigenvalue weighted by Crippen LogP contribution is 2.23. The van der Waals surface area contributed by atoms with Crippen LogP contribution in [0.2, 0.25) is 10.0 Å². The number of hydrogen-bond acceptors (Lipinski definition) is 3. The molecule has 3 rings (SSSR count). The molecule has 0 fully saturated rings. The molecule has 0 unspecified atom stereocenters. The number of carbonyl (C=O) groups is 1. The highest BCUT2D eigenvalue weighted by Gasteiger charge is 2.15. The average Bonchev–Trinajstić information content (AvgIpc) is 2.65. The number of hydrogen-bond donors (Lipinski definition) is 2. The van der Waals surface area contributed by atoms with Crippen molar-refractivity contribution >= 4 is 50.5 Å². The third-order valence-corrected chi connectivity index (χ3v) is 6.10. The number of rotatable bonds is 5. The molecule has 2 N–H and O–H groups in total. The molecule has 0 saturated carbocycles. The molecule has 0 bridgehead atoms. The van der Waals surface area contributed by atoms with Gasteiger partial charge in [-0.1, -0.05) is 41.4 Å². The molecule has 0 saturated heterocycles. The minimum atomic E-state index is -3.79. The molecule has 0 aliphatic carbocycles. The topological polar surface area (TPSA) is 75.3 Å². The Balaban J connectivity index is 1.75.